The lowest BCUT2D eigenvalue weighted by Crippen LogP contribution is -2.39. The quantitative estimate of drug-likeness (QED) is 0.940. The topological polar surface area (TPSA) is 72.6 Å². The Labute approximate surface area is 134 Å². The van der Waals surface area contributed by atoms with Gasteiger partial charge in [-0.05, 0) is 37.1 Å². The summed E-state index contributed by atoms with van der Waals surface area (Å²) in [6.07, 6.45) is 0.833. The van der Waals surface area contributed by atoms with E-state index in [4.69, 9.17) is 10.5 Å². The van der Waals surface area contributed by atoms with Gasteiger partial charge in [0, 0.05) is 11.7 Å². The van der Waals surface area contributed by atoms with Gasteiger partial charge in [-0.1, -0.05) is 30.3 Å². The second-order valence-corrected chi connectivity index (χ2v) is 5.59. The average Bonchev–Trinajstić information content (AvgIpc) is 2.88. The zero-order valence-electron chi connectivity index (χ0n) is 12.9. The third kappa shape index (κ3) is 2.90. The summed E-state index contributed by atoms with van der Waals surface area (Å²) in [6.45, 7) is 1.87. The molecule has 0 unspecified atom stereocenters. The van der Waals surface area contributed by atoms with Crippen LogP contribution in [0.4, 0.5) is 5.69 Å². The minimum absolute atomic E-state index is 0.0925. The number of nitrogens with two attached hydrogens (primary N) is 1. The van der Waals surface area contributed by atoms with E-state index in [-0.39, 0.29) is 24.1 Å². The fourth-order valence-corrected chi connectivity index (χ4v) is 2.95. The molecule has 2 N–H and O–H groups in total. The lowest BCUT2D eigenvalue weighted by Gasteiger charge is -2.23. The van der Waals surface area contributed by atoms with Gasteiger partial charge in [-0.2, -0.15) is 0 Å². The Hall–Kier alpha value is -2.82. The molecule has 0 saturated heterocycles. The highest BCUT2D eigenvalue weighted by atomic mass is 16.5. The van der Waals surface area contributed by atoms with E-state index in [1.807, 2.05) is 31.2 Å². The van der Waals surface area contributed by atoms with E-state index in [0.717, 1.165) is 17.7 Å². The van der Waals surface area contributed by atoms with E-state index in [9.17, 15) is 9.59 Å². The van der Waals surface area contributed by atoms with Gasteiger partial charge in [0.2, 0.25) is 0 Å². The van der Waals surface area contributed by atoms with Crippen molar-refractivity contribution in [2.24, 2.45) is 5.73 Å². The van der Waals surface area contributed by atoms with E-state index in [0.29, 0.717) is 5.75 Å². The summed E-state index contributed by atoms with van der Waals surface area (Å²) >= 11 is 0. The minimum atomic E-state index is -0.576. The number of para-hydroxylation sites is 2. The smallest absolute Gasteiger partial charge is 0.265 e. The molecular formula is C18H18N2O3. The maximum Gasteiger partial charge on any atom is 0.265 e. The number of carbonyl (C=O) groups is 2. The van der Waals surface area contributed by atoms with Crippen molar-refractivity contribution in [2.75, 3.05) is 11.5 Å². The van der Waals surface area contributed by atoms with Gasteiger partial charge in [0.1, 0.15) is 5.75 Å². The third-order valence-corrected chi connectivity index (χ3v) is 3.98. The van der Waals surface area contributed by atoms with Crippen LogP contribution in [0.5, 0.6) is 5.75 Å². The van der Waals surface area contributed by atoms with Gasteiger partial charge in [0.15, 0.2) is 6.61 Å². The first-order chi connectivity index (χ1) is 11.1. The number of nitrogens with zero attached hydrogens (tertiary/aromatic N) is 1. The van der Waals surface area contributed by atoms with Gasteiger partial charge in [0.05, 0.1) is 5.56 Å². The third-order valence-electron chi connectivity index (χ3n) is 3.98. The second kappa shape index (κ2) is 6.12. The van der Waals surface area contributed by atoms with Crippen LogP contribution in [0.1, 0.15) is 22.8 Å². The summed E-state index contributed by atoms with van der Waals surface area (Å²) in [5, 5.41) is 0. The number of ether oxygens (including phenoxy) is 1. The van der Waals surface area contributed by atoms with Crippen molar-refractivity contribution < 1.29 is 14.3 Å². The molecule has 2 aromatic carbocycles. The van der Waals surface area contributed by atoms with E-state index in [1.54, 1.807) is 29.2 Å². The van der Waals surface area contributed by atoms with Crippen LogP contribution in [0.2, 0.25) is 0 Å². The normalized spacial score (nSPS) is 16.0. The molecule has 5 nitrogen and oxygen atoms in total. The number of benzene rings is 2. The summed E-state index contributed by atoms with van der Waals surface area (Å²) in [5.74, 6) is -0.386. The summed E-state index contributed by atoms with van der Waals surface area (Å²) in [6, 6.07) is 14.6. The Morgan fingerprint density at radius 2 is 1.87 bits per heavy atom. The summed E-state index contributed by atoms with van der Waals surface area (Å²) in [4.78, 5) is 25.7. The highest BCUT2D eigenvalue weighted by Gasteiger charge is 2.30. The first-order valence-electron chi connectivity index (χ1n) is 7.49. The monoisotopic (exact) mass is 310 g/mol. The van der Waals surface area contributed by atoms with Crippen molar-refractivity contribution in [1.29, 1.82) is 0 Å². The molecule has 0 radical (unpaired) electrons. The molecule has 0 bridgehead atoms. The molecule has 1 aliphatic rings. The maximum absolute atomic E-state index is 12.6. The zero-order valence-corrected chi connectivity index (χ0v) is 12.9. The molecule has 118 valence electrons. The first-order valence-corrected chi connectivity index (χ1v) is 7.49. The van der Waals surface area contributed by atoms with Gasteiger partial charge in [-0.3, -0.25) is 9.59 Å². The van der Waals surface area contributed by atoms with Gasteiger partial charge in [-0.25, -0.2) is 0 Å². The lowest BCUT2D eigenvalue weighted by atomic mass is 10.1. The van der Waals surface area contributed by atoms with Gasteiger partial charge < -0.3 is 15.4 Å². The van der Waals surface area contributed by atoms with Crippen molar-refractivity contribution in [3.05, 3.63) is 59.7 Å². The molecule has 0 fully saturated rings. The zero-order chi connectivity index (χ0) is 16.4. The number of anilines is 1. The predicted octanol–water partition coefficient (Wildman–Crippen LogP) is 2.14. The molecular weight excluding hydrogens is 292 g/mol. The largest absolute Gasteiger partial charge is 0.483 e. The summed E-state index contributed by atoms with van der Waals surface area (Å²) in [7, 11) is 0. The molecule has 0 spiro atoms. The van der Waals surface area contributed by atoms with Crippen LogP contribution >= 0.6 is 0 Å². The molecule has 2 amide bonds. The molecule has 1 aliphatic heterocycles. The number of hydrogen-bond donors (Lipinski definition) is 1. The number of primary amides is 1. The van der Waals surface area contributed by atoms with Crippen molar-refractivity contribution in [1.82, 2.24) is 0 Å². The van der Waals surface area contributed by atoms with Crippen LogP contribution in [0.25, 0.3) is 0 Å². The van der Waals surface area contributed by atoms with Gasteiger partial charge >= 0.3 is 0 Å². The van der Waals surface area contributed by atoms with E-state index in [2.05, 4.69) is 0 Å². The van der Waals surface area contributed by atoms with Crippen molar-refractivity contribution >= 4 is 17.5 Å². The van der Waals surface area contributed by atoms with Crippen LogP contribution in [0.3, 0.4) is 0 Å². The average molecular weight is 310 g/mol. The molecule has 0 aliphatic carbocycles. The Kier molecular flexibility index (Phi) is 4.02. The lowest BCUT2D eigenvalue weighted by molar-refractivity contribution is -0.120. The molecule has 5 heteroatoms. The first kappa shape index (κ1) is 15.1. The highest BCUT2D eigenvalue weighted by molar-refractivity contribution is 5.98. The van der Waals surface area contributed by atoms with Crippen LogP contribution in [0.15, 0.2) is 48.5 Å². The molecule has 1 heterocycles. The molecule has 2 aromatic rings. The highest BCUT2D eigenvalue weighted by Crippen LogP contribution is 2.31. The Bertz CT molecular complexity index is 757. The Morgan fingerprint density at radius 1 is 1.17 bits per heavy atom. The summed E-state index contributed by atoms with van der Waals surface area (Å²) < 4.78 is 5.54. The molecule has 0 saturated carbocycles. The molecule has 23 heavy (non-hydrogen) atoms. The summed E-state index contributed by atoms with van der Waals surface area (Å²) in [5.41, 5.74) is 7.67. The maximum atomic E-state index is 12.6. The second-order valence-electron chi connectivity index (χ2n) is 5.59. The standard InChI is InChI=1S/C18H18N2O3/c1-12-10-13-6-2-4-8-15(13)20(12)17(21)11-23-16-9-5-3-7-14(16)18(19)22/h2-9,12H,10-11H2,1H3,(H2,19,22)/t12-/m0/s1. The number of amides is 2. The fraction of sp³-hybridized carbons (Fsp3) is 0.222. The van der Waals surface area contributed by atoms with Crippen LogP contribution < -0.4 is 15.4 Å². The van der Waals surface area contributed by atoms with Crippen LogP contribution in [-0.2, 0) is 11.2 Å². The fourth-order valence-electron chi connectivity index (χ4n) is 2.95. The van der Waals surface area contributed by atoms with Crippen molar-refractivity contribution in [3.8, 4) is 5.75 Å². The van der Waals surface area contributed by atoms with Gasteiger partial charge in [-0.15, -0.1) is 0 Å². The minimum Gasteiger partial charge on any atom is -0.483 e. The molecule has 3 rings (SSSR count). The number of fused-ring (bicyclic) bond motifs is 1. The van der Waals surface area contributed by atoms with E-state index in [1.165, 1.54) is 0 Å². The molecule has 1 atom stereocenters. The van der Waals surface area contributed by atoms with E-state index >= 15 is 0 Å². The number of hydrogen-bond acceptors (Lipinski definition) is 3. The number of carbonyl (C=O) groups excluding carboxylic acids is 2. The Morgan fingerprint density at radius 3 is 2.65 bits per heavy atom. The predicted molar refractivity (Wildman–Crippen MR) is 87.5 cm³/mol. The number of rotatable bonds is 4. The van der Waals surface area contributed by atoms with Crippen molar-refractivity contribution in [3.63, 3.8) is 0 Å². The van der Waals surface area contributed by atoms with Crippen LogP contribution in [-0.4, -0.2) is 24.5 Å². The van der Waals surface area contributed by atoms with Gasteiger partial charge in [0.25, 0.3) is 11.8 Å². The van der Waals surface area contributed by atoms with Crippen LogP contribution in [0, 0.1) is 0 Å². The molecule has 0 aromatic heterocycles. The van der Waals surface area contributed by atoms with E-state index < -0.39 is 5.91 Å². The Balaban J connectivity index is 1.75. The van der Waals surface area contributed by atoms with Crippen molar-refractivity contribution in [2.45, 2.75) is 19.4 Å². The SMILES string of the molecule is C[C@H]1Cc2ccccc2N1C(=O)COc1ccccc1C(N)=O.